The van der Waals surface area contributed by atoms with Gasteiger partial charge in [-0.2, -0.15) is 0 Å². The van der Waals surface area contributed by atoms with Crippen LogP contribution in [-0.2, 0) is 9.84 Å². The first-order valence-corrected chi connectivity index (χ1v) is 18.0. The van der Waals surface area contributed by atoms with Crippen molar-refractivity contribution in [2.75, 3.05) is 35.7 Å². The number of nitrogens with zero attached hydrogens (tertiary/aromatic N) is 2. The van der Waals surface area contributed by atoms with Gasteiger partial charge in [-0.3, -0.25) is 9.59 Å². The zero-order valence-corrected chi connectivity index (χ0v) is 23.6. The van der Waals surface area contributed by atoms with Gasteiger partial charge >= 0.3 is 0 Å². The Bertz CT molecular complexity index is 1340. The maximum Gasteiger partial charge on any atom is 0.274 e. The number of alkyl halides is 2. The lowest BCUT2D eigenvalue weighted by Crippen LogP contribution is -2.43. The summed E-state index contributed by atoms with van der Waals surface area (Å²) in [6.07, 6.45) is 1.33. The molecule has 208 valence electrons. The molecule has 2 aromatic rings. The lowest BCUT2D eigenvalue weighted by molar-refractivity contribution is -0.0442. The highest BCUT2D eigenvalue weighted by Gasteiger charge is 2.36. The molecule has 1 aliphatic carbocycles. The molecule has 2 aliphatic rings. The van der Waals surface area contributed by atoms with Crippen LogP contribution in [0.4, 0.5) is 20.2 Å². The van der Waals surface area contributed by atoms with Crippen molar-refractivity contribution >= 4 is 35.2 Å². The number of benzene rings is 1. The summed E-state index contributed by atoms with van der Waals surface area (Å²) in [5, 5.41) is 11.9. The van der Waals surface area contributed by atoms with Gasteiger partial charge in [0.25, 0.3) is 11.5 Å². The van der Waals surface area contributed by atoms with Crippen LogP contribution in [0.25, 0.3) is 0 Å². The van der Waals surface area contributed by atoms with Crippen LogP contribution in [0.2, 0.25) is 25.2 Å². The van der Waals surface area contributed by atoms with E-state index in [4.69, 9.17) is 0 Å². The highest BCUT2D eigenvalue weighted by atomic mass is 32.2. The Morgan fingerprint density at radius 3 is 2.45 bits per heavy atom. The molecule has 0 unspecified atom stereocenters. The molecule has 1 aromatic heterocycles. The Balaban J connectivity index is 1.64. The summed E-state index contributed by atoms with van der Waals surface area (Å²) in [7, 11) is -5.09. The molecule has 8 nitrogen and oxygen atoms in total. The molecule has 1 aliphatic heterocycles. The van der Waals surface area contributed by atoms with E-state index in [0.717, 1.165) is 12.1 Å². The number of aliphatic hydroxyl groups excluding tert-OH is 1. The smallest absolute Gasteiger partial charge is 0.274 e. The summed E-state index contributed by atoms with van der Waals surface area (Å²) in [5.74, 6) is -3.70. The Labute approximate surface area is 222 Å². The van der Waals surface area contributed by atoms with E-state index in [2.05, 4.69) is 18.4 Å². The summed E-state index contributed by atoms with van der Waals surface area (Å²) in [6, 6.07) is 8.96. The molecule has 4 rings (SSSR count). The number of halogens is 2. The van der Waals surface area contributed by atoms with Gasteiger partial charge in [0, 0.05) is 38.2 Å². The number of aromatic nitrogens is 1. The van der Waals surface area contributed by atoms with Crippen LogP contribution in [-0.4, -0.2) is 63.4 Å². The molecule has 2 N–H and O–H groups in total. The number of carbonyl (C=O) groups excluding carboxylic acids is 1. The van der Waals surface area contributed by atoms with Crippen molar-refractivity contribution in [2.24, 2.45) is 0 Å². The van der Waals surface area contributed by atoms with E-state index in [1.165, 1.54) is 28.8 Å². The van der Waals surface area contributed by atoms with E-state index in [1.54, 1.807) is 12.3 Å². The zero-order valence-electron chi connectivity index (χ0n) is 21.8. The monoisotopic (exact) mass is 567 g/mol. The minimum atomic E-state index is -3.74. The van der Waals surface area contributed by atoms with Crippen molar-refractivity contribution in [3.05, 3.63) is 52.4 Å². The number of hydrogen-bond acceptors (Lipinski definition) is 6. The number of rotatable bonds is 7. The molecule has 1 saturated carbocycles. The van der Waals surface area contributed by atoms with Crippen LogP contribution in [0.1, 0.15) is 42.1 Å². The molecule has 0 atom stereocenters. The Kier molecular flexibility index (Phi) is 8.15. The number of carbonyl (C=O) groups is 1. The number of amides is 1. The predicted octanol–water partition coefficient (Wildman–Crippen LogP) is 4.15. The maximum absolute atomic E-state index is 13.6. The highest BCUT2D eigenvalue weighted by molar-refractivity contribution is 7.91. The van der Waals surface area contributed by atoms with Crippen molar-refractivity contribution in [1.82, 2.24) is 4.57 Å². The van der Waals surface area contributed by atoms with Gasteiger partial charge in [-0.05, 0) is 55.3 Å². The van der Waals surface area contributed by atoms with E-state index in [0.29, 0.717) is 18.8 Å². The van der Waals surface area contributed by atoms with Crippen molar-refractivity contribution < 1.29 is 27.1 Å². The number of sulfone groups is 1. The highest BCUT2D eigenvalue weighted by Crippen LogP contribution is 2.38. The quantitative estimate of drug-likeness (QED) is 0.487. The molecule has 0 spiro atoms. The molecule has 38 heavy (non-hydrogen) atoms. The fraction of sp³-hybridized carbons (Fsp3) is 0.538. The van der Waals surface area contributed by atoms with E-state index in [1.807, 2.05) is 4.90 Å². The number of nitrogens with one attached hydrogen (secondary N) is 1. The van der Waals surface area contributed by atoms with Crippen LogP contribution in [0, 0.1) is 0 Å². The zero-order chi connectivity index (χ0) is 27.7. The largest absolute Gasteiger partial charge is 0.395 e. The normalized spacial score (nSPS) is 19.8. The first-order valence-electron chi connectivity index (χ1n) is 12.9. The minimum Gasteiger partial charge on any atom is -0.395 e. The van der Waals surface area contributed by atoms with E-state index in [-0.39, 0.29) is 47.9 Å². The Hall–Kier alpha value is -2.57. The molecular formula is C26H35F2N3O5SSi. The molecule has 1 aromatic carbocycles. The fourth-order valence-corrected chi connectivity index (χ4v) is 8.18. The molecule has 12 heteroatoms. The van der Waals surface area contributed by atoms with Gasteiger partial charge in [-0.1, -0.05) is 13.1 Å². The average molecular weight is 568 g/mol. The van der Waals surface area contributed by atoms with Crippen LogP contribution in [0.15, 0.2) is 46.2 Å². The summed E-state index contributed by atoms with van der Waals surface area (Å²) in [6.45, 7) is 5.46. The second-order valence-electron chi connectivity index (χ2n) is 11.0. The SMILES string of the molecule is C[Si]1(C)CCN(c2cc(S(=O)(=O)CCO)ccc2C(=O)Nc2cccn(C3CCC(F)(F)CC3)c2=O)CC1. The lowest BCUT2D eigenvalue weighted by Gasteiger charge is -2.38. The molecule has 1 amide bonds. The standard InChI is InChI=1S/C26H35F2N3O5SSi/c1-38(2)16-12-30(13-17-38)23-18-20(37(35,36)15-14-32)5-6-21(23)24(33)29-22-4-3-11-31(25(22)34)19-7-9-26(27,28)10-8-19/h3-6,11,18-19,32H,7-10,12-17H2,1-2H3,(H,29,33). The maximum atomic E-state index is 13.6. The van der Waals surface area contributed by atoms with Gasteiger partial charge in [0.2, 0.25) is 5.92 Å². The minimum absolute atomic E-state index is 0.0244. The lowest BCUT2D eigenvalue weighted by atomic mass is 9.92. The van der Waals surface area contributed by atoms with Crippen molar-refractivity contribution in [3.63, 3.8) is 0 Å². The number of pyridine rings is 1. The third-order valence-electron chi connectivity index (χ3n) is 7.69. The third-order valence-corrected chi connectivity index (χ3v) is 12.5. The van der Waals surface area contributed by atoms with Crippen molar-refractivity contribution in [1.29, 1.82) is 0 Å². The molecule has 0 radical (unpaired) electrons. The fourth-order valence-electron chi connectivity index (χ4n) is 5.13. The average Bonchev–Trinajstić information content (AvgIpc) is 2.85. The van der Waals surface area contributed by atoms with E-state index in [9.17, 15) is 31.9 Å². The number of aliphatic hydroxyl groups is 1. The molecule has 0 bridgehead atoms. The molecule has 1 saturated heterocycles. The van der Waals surface area contributed by atoms with E-state index >= 15 is 0 Å². The van der Waals surface area contributed by atoms with Gasteiger partial charge < -0.3 is 19.9 Å². The summed E-state index contributed by atoms with van der Waals surface area (Å²) in [4.78, 5) is 28.6. The summed E-state index contributed by atoms with van der Waals surface area (Å²) in [5.41, 5.74) is 0.272. The van der Waals surface area contributed by atoms with Gasteiger partial charge in [0.15, 0.2) is 9.84 Å². The molecule has 2 heterocycles. The van der Waals surface area contributed by atoms with Crippen LogP contribution < -0.4 is 15.8 Å². The summed E-state index contributed by atoms with van der Waals surface area (Å²) >= 11 is 0. The topological polar surface area (TPSA) is 109 Å². The Morgan fingerprint density at radius 1 is 1.16 bits per heavy atom. The van der Waals surface area contributed by atoms with Crippen LogP contribution in [0.3, 0.4) is 0 Å². The van der Waals surface area contributed by atoms with Gasteiger partial charge in [-0.25, -0.2) is 17.2 Å². The first-order chi connectivity index (χ1) is 17.8. The third kappa shape index (κ3) is 6.35. The van der Waals surface area contributed by atoms with E-state index < -0.39 is 47.7 Å². The second kappa shape index (κ2) is 10.9. The van der Waals surface area contributed by atoms with Crippen molar-refractivity contribution in [3.8, 4) is 0 Å². The predicted molar refractivity (Wildman–Crippen MR) is 146 cm³/mol. The second-order valence-corrected chi connectivity index (χ2v) is 18.5. The van der Waals surface area contributed by atoms with Gasteiger partial charge in [0.05, 0.1) is 36.6 Å². The molecule has 2 fully saturated rings. The number of anilines is 2. The summed E-state index contributed by atoms with van der Waals surface area (Å²) < 4.78 is 53.9. The van der Waals surface area contributed by atoms with Crippen LogP contribution >= 0.6 is 0 Å². The number of hydrogen-bond donors (Lipinski definition) is 2. The van der Waals surface area contributed by atoms with Crippen LogP contribution in [0.5, 0.6) is 0 Å². The van der Waals surface area contributed by atoms with Gasteiger partial charge in [0.1, 0.15) is 5.69 Å². The molecular weight excluding hydrogens is 532 g/mol. The van der Waals surface area contributed by atoms with Gasteiger partial charge in [-0.15, -0.1) is 0 Å². The first kappa shape index (κ1) is 28.4. The van der Waals surface area contributed by atoms with Crippen molar-refractivity contribution in [2.45, 2.75) is 67.7 Å². The Morgan fingerprint density at radius 2 is 1.82 bits per heavy atom.